The van der Waals surface area contributed by atoms with E-state index in [4.69, 9.17) is 4.74 Å². The van der Waals surface area contributed by atoms with Crippen molar-refractivity contribution in [2.45, 2.75) is 31.7 Å². The summed E-state index contributed by atoms with van der Waals surface area (Å²) < 4.78 is 5.57. The van der Waals surface area contributed by atoms with E-state index in [-0.39, 0.29) is 12.6 Å². The molecule has 1 heterocycles. The van der Waals surface area contributed by atoms with Gasteiger partial charge in [0, 0.05) is 13.1 Å². The minimum atomic E-state index is -0.412. The second-order valence-electron chi connectivity index (χ2n) is 5.66. The first-order valence-electron chi connectivity index (χ1n) is 7.50. The zero-order chi connectivity index (χ0) is 15.1. The predicted octanol–water partition coefficient (Wildman–Crippen LogP) is 2.01. The van der Waals surface area contributed by atoms with E-state index in [9.17, 15) is 9.90 Å². The van der Waals surface area contributed by atoms with Gasteiger partial charge in [-0.3, -0.25) is 0 Å². The number of likely N-dealkylation sites (tertiary alicyclic amines) is 1. The molecule has 1 saturated heterocycles. The molecule has 1 atom stereocenters. The van der Waals surface area contributed by atoms with E-state index in [1.807, 2.05) is 37.3 Å². The number of nitrogens with zero attached hydrogens (tertiary/aromatic N) is 1. The molecule has 1 aromatic rings. The third-order valence-corrected chi connectivity index (χ3v) is 3.94. The van der Waals surface area contributed by atoms with Gasteiger partial charge in [0.15, 0.2) is 0 Å². The van der Waals surface area contributed by atoms with Crippen LogP contribution < -0.4 is 10.1 Å². The lowest BCUT2D eigenvalue weighted by Crippen LogP contribution is -2.51. The molecule has 21 heavy (non-hydrogen) atoms. The van der Waals surface area contributed by atoms with E-state index < -0.39 is 5.54 Å². The normalized spacial score (nSPS) is 21.3. The van der Waals surface area contributed by atoms with Crippen molar-refractivity contribution in [3.8, 4) is 5.75 Å². The zero-order valence-electron chi connectivity index (χ0n) is 12.5. The number of hydrogen-bond donors (Lipinski definition) is 2. The Balaban J connectivity index is 1.66. The van der Waals surface area contributed by atoms with Gasteiger partial charge < -0.3 is 20.1 Å². The fourth-order valence-electron chi connectivity index (χ4n) is 2.60. The van der Waals surface area contributed by atoms with Crippen LogP contribution in [0.4, 0.5) is 4.79 Å². The number of benzene rings is 1. The number of amides is 2. The average molecular weight is 292 g/mol. The van der Waals surface area contributed by atoms with Crippen LogP contribution in [0, 0.1) is 0 Å². The van der Waals surface area contributed by atoms with Gasteiger partial charge in [0.2, 0.25) is 0 Å². The van der Waals surface area contributed by atoms with Gasteiger partial charge in [-0.1, -0.05) is 18.2 Å². The van der Waals surface area contributed by atoms with Crippen molar-refractivity contribution in [1.29, 1.82) is 0 Å². The SMILES string of the molecule is CC1(CO)CCCN1C(=O)NCCCOc1ccccc1. The molecule has 0 bridgehead atoms. The van der Waals surface area contributed by atoms with Crippen molar-refractivity contribution >= 4 is 6.03 Å². The molecule has 2 rings (SSSR count). The number of ether oxygens (including phenoxy) is 1. The third-order valence-electron chi connectivity index (χ3n) is 3.94. The minimum Gasteiger partial charge on any atom is -0.494 e. The summed E-state index contributed by atoms with van der Waals surface area (Å²) in [6.45, 7) is 3.80. The van der Waals surface area contributed by atoms with Gasteiger partial charge in [-0.15, -0.1) is 0 Å². The molecular formula is C16H24N2O3. The monoisotopic (exact) mass is 292 g/mol. The number of carbonyl (C=O) groups excluding carboxylic acids is 1. The summed E-state index contributed by atoms with van der Waals surface area (Å²) >= 11 is 0. The van der Waals surface area contributed by atoms with Gasteiger partial charge in [-0.05, 0) is 38.3 Å². The first-order valence-corrected chi connectivity index (χ1v) is 7.50. The Labute approximate surface area is 125 Å². The minimum absolute atomic E-state index is 0.0114. The second-order valence-corrected chi connectivity index (χ2v) is 5.66. The smallest absolute Gasteiger partial charge is 0.317 e. The van der Waals surface area contributed by atoms with E-state index in [0.717, 1.165) is 25.0 Å². The molecule has 0 saturated carbocycles. The molecule has 1 aliphatic heterocycles. The number of urea groups is 1. The lowest BCUT2D eigenvalue weighted by molar-refractivity contribution is 0.0973. The summed E-state index contributed by atoms with van der Waals surface area (Å²) in [5, 5.41) is 12.3. The van der Waals surface area contributed by atoms with Gasteiger partial charge in [-0.2, -0.15) is 0 Å². The zero-order valence-corrected chi connectivity index (χ0v) is 12.5. The van der Waals surface area contributed by atoms with E-state index >= 15 is 0 Å². The molecule has 2 amide bonds. The highest BCUT2D eigenvalue weighted by Gasteiger charge is 2.38. The van der Waals surface area contributed by atoms with Crippen LogP contribution in [0.25, 0.3) is 0 Å². The summed E-state index contributed by atoms with van der Waals surface area (Å²) in [4.78, 5) is 13.9. The van der Waals surface area contributed by atoms with Crippen LogP contribution in [0.5, 0.6) is 5.75 Å². The first-order chi connectivity index (χ1) is 10.2. The lowest BCUT2D eigenvalue weighted by atomic mass is 10.0. The van der Waals surface area contributed by atoms with E-state index in [1.54, 1.807) is 4.90 Å². The number of rotatable bonds is 6. The predicted molar refractivity (Wildman–Crippen MR) is 81.4 cm³/mol. The molecule has 1 aromatic carbocycles. The Morgan fingerprint density at radius 3 is 2.90 bits per heavy atom. The van der Waals surface area contributed by atoms with Crippen LogP contribution >= 0.6 is 0 Å². The van der Waals surface area contributed by atoms with Crippen molar-refractivity contribution in [3.05, 3.63) is 30.3 Å². The molecule has 2 N–H and O–H groups in total. The molecular weight excluding hydrogens is 268 g/mol. The quantitative estimate of drug-likeness (QED) is 0.788. The highest BCUT2D eigenvalue weighted by Crippen LogP contribution is 2.28. The molecule has 1 unspecified atom stereocenters. The van der Waals surface area contributed by atoms with E-state index in [1.165, 1.54) is 0 Å². The van der Waals surface area contributed by atoms with Crippen LogP contribution in [0.3, 0.4) is 0 Å². The maximum Gasteiger partial charge on any atom is 0.317 e. The fourth-order valence-corrected chi connectivity index (χ4v) is 2.60. The number of aliphatic hydroxyl groups excluding tert-OH is 1. The van der Waals surface area contributed by atoms with E-state index in [2.05, 4.69) is 5.32 Å². The van der Waals surface area contributed by atoms with Crippen LogP contribution in [-0.4, -0.2) is 47.9 Å². The van der Waals surface area contributed by atoms with Crippen LogP contribution in [-0.2, 0) is 0 Å². The molecule has 0 radical (unpaired) electrons. The molecule has 0 aromatic heterocycles. The average Bonchev–Trinajstić information content (AvgIpc) is 2.90. The van der Waals surface area contributed by atoms with Crippen LogP contribution in [0.1, 0.15) is 26.2 Å². The Morgan fingerprint density at radius 1 is 1.43 bits per heavy atom. The van der Waals surface area contributed by atoms with Gasteiger partial charge in [0.25, 0.3) is 0 Å². The van der Waals surface area contributed by atoms with Crippen molar-refractivity contribution in [1.82, 2.24) is 10.2 Å². The van der Waals surface area contributed by atoms with Gasteiger partial charge in [0.1, 0.15) is 5.75 Å². The molecule has 5 nitrogen and oxygen atoms in total. The molecule has 5 heteroatoms. The third kappa shape index (κ3) is 4.11. The van der Waals surface area contributed by atoms with Gasteiger partial charge >= 0.3 is 6.03 Å². The molecule has 1 fully saturated rings. The number of para-hydroxylation sites is 1. The second kappa shape index (κ2) is 7.31. The Morgan fingerprint density at radius 2 is 2.19 bits per heavy atom. The Hall–Kier alpha value is -1.75. The van der Waals surface area contributed by atoms with Crippen LogP contribution in [0.15, 0.2) is 30.3 Å². The number of hydrogen-bond acceptors (Lipinski definition) is 3. The molecule has 0 aliphatic carbocycles. The Kier molecular flexibility index (Phi) is 5.44. The number of nitrogens with one attached hydrogen (secondary N) is 1. The molecule has 1 aliphatic rings. The number of aliphatic hydroxyl groups is 1. The lowest BCUT2D eigenvalue weighted by Gasteiger charge is -2.33. The summed E-state index contributed by atoms with van der Waals surface area (Å²) in [7, 11) is 0. The summed E-state index contributed by atoms with van der Waals surface area (Å²) in [6, 6.07) is 9.54. The summed E-state index contributed by atoms with van der Waals surface area (Å²) in [6.07, 6.45) is 2.56. The van der Waals surface area contributed by atoms with Crippen molar-refractivity contribution in [2.24, 2.45) is 0 Å². The maximum atomic E-state index is 12.1. The Bertz CT molecular complexity index is 452. The van der Waals surface area contributed by atoms with Crippen molar-refractivity contribution in [2.75, 3.05) is 26.3 Å². The highest BCUT2D eigenvalue weighted by molar-refractivity contribution is 5.75. The first kappa shape index (κ1) is 15.6. The largest absolute Gasteiger partial charge is 0.494 e. The van der Waals surface area contributed by atoms with Crippen molar-refractivity contribution in [3.63, 3.8) is 0 Å². The summed E-state index contributed by atoms with van der Waals surface area (Å²) in [5.74, 6) is 0.844. The van der Waals surface area contributed by atoms with E-state index in [0.29, 0.717) is 19.7 Å². The summed E-state index contributed by atoms with van der Waals surface area (Å²) in [5.41, 5.74) is -0.412. The topological polar surface area (TPSA) is 61.8 Å². The standard InChI is InChI=1S/C16H24N2O3/c1-16(13-19)9-5-11-18(16)15(20)17-10-6-12-21-14-7-3-2-4-8-14/h2-4,7-8,19H,5-6,9-13H2,1H3,(H,17,20). The maximum absolute atomic E-state index is 12.1. The highest BCUT2D eigenvalue weighted by atomic mass is 16.5. The number of carbonyl (C=O) groups is 1. The van der Waals surface area contributed by atoms with Gasteiger partial charge in [-0.25, -0.2) is 4.79 Å². The fraction of sp³-hybridized carbons (Fsp3) is 0.562. The van der Waals surface area contributed by atoms with Crippen LogP contribution in [0.2, 0.25) is 0 Å². The molecule has 0 spiro atoms. The molecule has 116 valence electrons. The van der Waals surface area contributed by atoms with Gasteiger partial charge in [0.05, 0.1) is 18.8 Å². The van der Waals surface area contributed by atoms with Crippen molar-refractivity contribution < 1.29 is 14.6 Å².